The van der Waals surface area contributed by atoms with Crippen LogP contribution in [-0.4, -0.2) is 45.5 Å². The zero-order chi connectivity index (χ0) is 16.9. The molecule has 1 amide bonds. The summed E-state index contributed by atoms with van der Waals surface area (Å²) in [6.45, 7) is 6.34. The van der Waals surface area contributed by atoms with Gasteiger partial charge < -0.3 is 10.2 Å². The molecular formula is C17H26N2O3S. The maximum Gasteiger partial charge on any atom is 0.220 e. The van der Waals surface area contributed by atoms with Crippen molar-refractivity contribution in [1.29, 1.82) is 0 Å². The van der Waals surface area contributed by atoms with E-state index in [0.29, 0.717) is 19.4 Å². The van der Waals surface area contributed by atoms with Crippen molar-refractivity contribution in [2.45, 2.75) is 26.7 Å². The van der Waals surface area contributed by atoms with Gasteiger partial charge in [0.1, 0.15) is 0 Å². The zero-order valence-electron chi connectivity index (χ0n) is 13.9. The first kappa shape index (κ1) is 17.8. The van der Waals surface area contributed by atoms with E-state index in [1.807, 2.05) is 6.07 Å². The zero-order valence-corrected chi connectivity index (χ0v) is 14.7. The number of benzene rings is 1. The number of rotatable bonds is 7. The molecule has 6 heteroatoms. The van der Waals surface area contributed by atoms with Crippen molar-refractivity contribution in [3.63, 3.8) is 0 Å². The molecule has 0 spiro atoms. The second-order valence-electron chi connectivity index (χ2n) is 6.24. The van der Waals surface area contributed by atoms with Gasteiger partial charge in [0.2, 0.25) is 5.91 Å². The first-order valence-corrected chi connectivity index (χ1v) is 10.0. The Morgan fingerprint density at radius 1 is 1.39 bits per heavy atom. The SMILES string of the molecule is CCN(CCNC(=O)CC1CCS(=O)(=O)C1)c1cccc(C)c1. The summed E-state index contributed by atoms with van der Waals surface area (Å²) in [5.41, 5.74) is 2.37. The van der Waals surface area contributed by atoms with Gasteiger partial charge in [-0.2, -0.15) is 0 Å². The lowest BCUT2D eigenvalue weighted by Gasteiger charge is -2.23. The third-order valence-corrected chi connectivity index (χ3v) is 6.09. The molecule has 0 bridgehead atoms. The molecule has 0 aliphatic carbocycles. The molecule has 5 nitrogen and oxygen atoms in total. The number of aryl methyl sites for hydroxylation is 1. The van der Waals surface area contributed by atoms with E-state index in [-0.39, 0.29) is 23.3 Å². The van der Waals surface area contributed by atoms with Crippen LogP contribution in [0.4, 0.5) is 5.69 Å². The predicted octanol–water partition coefficient (Wildman–Crippen LogP) is 1.76. The molecule has 1 atom stereocenters. The summed E-state index contributed by atoms with van der Waals surface area (Å²) in [6, 6.07) is 8.30. The van der Waals surface area contributed by atoms with Crippen LogP contribution in [-0.2, 0) is 14.6 Å². The molecular weight excluding hydrogens is 312 g/mol. The van der Waals surface area contributed by atoms with Crippen molar-refractivity contribution < 1.29 is 13.2 Å². The van der Waals surface area contributed by atoms with Crippen LogP contribution in [0.2, 0.25) is 0 Å². The minimum atomic E-state index is -2.91. The van der Waals surface area contributed by atoms with Crippen LogP contribution in [0, 0.1) is 12.8 Å². The molecule has 23 heavy (non-hydrogen) atoms. The Bertz CT molecular complexity index is 643. The van der Waals surface area contributed by atoms with Crippen LogP contribution in [0.15, 0.2) is 24.3 Å². The average Bonchev–Trinajstić information content (AvgIpc) is 2.82. The molecule has 1 heterocycles. The van der Waals surface area contributed by atoms with E-state index in [1.54, 1.807) is 0 Å². The van der Waals surface area contributed by atoms with Gasteiger partial charge in [-0.25, -0.2) is 8.42 Å². The van der Waals surface area contributed by atoms with Crippen LogP contribution in [0.3, 0.4) is 0 Å². The number of likely N-dealkylation sites (N-methyl/N-ethyl adjacent to an activating group) is 1. The van der Waals surface area contributed by atoms with Crippen molar-refractivity contribution in [2.24, 2.45) is 5.92 Å². The fraction of sp³-hybridized carbons (Fsp3) is 0.588. The lowest BCUT2D eigenvalue weighted by molar-refractivity contribution is -0.121. The summed E-state index contributed by atoms with van der Waals surface area (Å²) in [7, 11) is -2.91. The third-order valence-electron chi connectivity index (χ3n) is 4.25. The van der Waals surface area contributed by atoms with E-state index in [0.717, 1.165) is 18.8 Å². The molecule has 0 saturated carbocycles. The number of anilines is 1. The summed E-state index contributed by atoms with van der Waals surface area (Å²) < 4.78 is 22.8. The summed E-state index contributed by atoms with van der Waals surface area (Å²) in [5, 5.41) is 2.91. The van der Waals surface area contributed by atoms with Gasteiger partial charge in [0, 0.05) is 31.7 Å². The Balaban J connectivity index is 1.76. The lowest BCUT2D eigenvalue weighted by Crippen LogP contribution is -2.35. The fourth-order valence-electron chi connectivity index (χ4n) is 2.99. The second-order valence-corrected chi connectivity index (χ2v) is 8.47. The monoisotopic (exact) mass is 338 g/mol. The number of amides is 1. The Labute approximate surface area is 139 Å². The molecule has 1 aliphatic heterocycles. The van der Waals surface area contributed by atoms with Crippen molar-refractivity contribution in [2.75, 3.05) is 36.0 Å². The Morgan fingerprint density at radius 3 is 2.78 bits per heavy atom. The summed E-state index contributed by atoms with van der Waals surface area (Å²) in [4.78, 5) is 14.2. The molecule has 128 valence electrons. The smallest absolute Gasteiger partial charge is 0.220 e. The first-order valence-electron chi connectivity index (χ1n) is 8.18. The predicted molar refractivity (Wildman–Crippen MR) is 93.5 cm³/mol. The van der Waals surface area contributed by atoms with E-state index in [4.69, 9.17) is 0 Å². The largest absolute Gasteiger partial charge is 0.370 e. The third kappa shape index (κ3) is 5.53. The standard InChI is InChI=1S/C17H26N2O3S/c1-3-19(16-6-4-5-14(2)11-16)9-8-18-17(20)12-15-7-10-23(21,22)13-15/h4-6,11,15H,3,7-10,12-13H2,1-2H3,(H,18,20). The number of nitrogens with zero attached hydrogens (tertiary/aromatic N) is 1. The van der Waals surface area contributed by atoms with Crippen molar-refractivity contribution >= 4 is 21.4 Å². The van der Waals surface area contributed by atoms with Crippen LogP contribution < -0.4 is 10.2 Å². The molecule has 1 saturated heterocycles. The molecule has 1 fully saturated rings. The molecule has 1 aliphatic rings. The van der Waals surface area contributed by atoms with Gasteiger partial charge in [0.15, 0.2) is 9.84 Å². The van der Waals surface area contributed by atoms with E-state index >= 15 is 0 Å². The highest BCUT2D eigenvalue weighted by atomic mass is 32.2. The molecule has 1 aromatic rings. The number of hydrogen-bond donors (Lipinski definition) is 1. The van der Waals surface area contributed by atoms with E-state index < -0.39 is 9.84 Å². The Morgan fingerprint density at radius 2 is 2.17 bits per heavy atom. The molecule has 1 N–H and O–H groups in total. The number of carbonyl (C=O) groups is 1. The van der Waals surface area contributed by atoms with E-state index in [9.17, 15) is 13.2 Å². The van der Waals surface area contributed by atoms with Gasteiger partial charge >= 0.3 is 0 Å². The van der Waals surface area contributed by atoms with Crippen LogP contribution in [0.5, 0.6) is 0 Å². The summed E-state index contributed by atoms with van der Waals surface area (Å²) >= 11 is 0. The number of sulfone groups is 1. The molecule has 1 unspecified atom stereocenters. The number of nitrogens with one attached hydrogen (secondary N) is 1. The maximum absolute atomic E-state index is 11.9. The Hall–Kier alpha value is -1.56. The topological polar surface area (TPSA) is 66.5 Å². The minimum absolute atomic E-state index is 0.0148. The number of carbonyl (C=O) groups excluding carboxylic acids is 1. The highest BCUT2D eigenvalue weighted by Gasteiger charge is 2.29. The van der Waals surface area contributed by atoms with Crippen molar-refractivity contribution in [1.82, 2.24) is 5.32 Å². The van der Waals surface area contributed by atoms with Crippen LogP contribution in [0.1, 0.15) is 25.3 Å². The molecule has 0 aromatic heterocycles. The number of hydrogen-bond acceptors (Lipinski definition) is 4. The molecule has 2 rings (SSSR count). The summed E-state index contributed by atoms with van der Waals surface area (Å²) in [6.07, 6.45) is 0.927. The van der Waals surface area contributed by atoms with Gasteiger partial charge in [-0.15, -0.1) is 0 Å². The maximum atomic E-state index is 11.9. The van der Waals surface area contributed by atoms with E-state index in [2.05, 4.69) is 42.3 Å². The normalized spacial score (nSPS) is 19.5. The van der Waals surface area contributed by atoms with Crippen molar-refractivity contribution in [3.05, 3.63) is 29.8 Å². The lowest BCUT2D eigenvalue weighted by atomic mass is 10.1. The highest BCUT2D eigenvalue weighted by Crippen LogP contribution is 2.21. The fourth-order valence-corrected chi connectivity index (χ4v) is 4.85. The first-order chi connectivity index (χ1) is 10.9. The minimum Gasteiger partial charge on any atom is -0.370 e. The van der Waals surface area contributed by atoms with E-state index in [1.165, 1.54) is 5.56 Å². The summed E-state index contributed by atoms with van der Waals surface area (Å²) in [5.74, 6) is 0.318. The Kier molecular flexibility index (Phi) is 6.04. The molecule has 0 radical (unpaired) electrons. The van der Waals surface area contributed by atoms with Crippen LogP contribution in [0.25, 0.3) is 0 Å². The van der Waals surface area contributed by atoms with Gasteiger partial charge in [-0.1, -0.05) is 12.1 Å². The van der Waals surface area contributed by atoms with Gasteiger partial charge in [0.25, 0.3) is 0 Å². The van der Waals surface area contributed by atoms with Gasteiger partial charge in [-0.05, 0) is 43.9 Å². The molecule has 1 aromatic carbocycles. The highest BCUT2D eigenvalue weighted by molar-refractivity contribution is 7.91. The quantitative estimate of drug-likeness (QED) is 0.823. The second kappa shape index (κ2) is 7.81. The van der Waals surface area contributed by atoms with Gasteiger partial charge in [0.05, 0.1) is 11.5 Å². The van der Waals surface area contributed by atoms with Gasteiger partial charge in [-0.3, -0.25) is 4.79 Å². The van der Waals surface area contributed by atoms with Crippen LogP contribution >= 0.6 is 0 Å². The average molecular weight is 338 g/mol. The van der Waals surface area contributed by atoms with Crippen molar-refractivity contribution in [3.8, 4) is 0 Å².